The lowest BCUT2D eigenvalue weighted by Crippen LogP contribution is -2.27. The normalized spacial score (nSPS) is 10.5. The van der Waals surface area contributed by atoms with E-state index in [2.05, 4.69) is 20.8 Å². The molecule has 2 amide bonds. The van der Waals surface area contributed by atoms with Gasteiger partial charge in [0.1, 0.15) is 24.0 Å². The molecule has 9 heteroatoms. The van der Waals surface area contributed by atoms with Gasteiger partial charge in [0.25, 0.3) is 5.91 Å². The van der Waals surface area contributed by atoms with E-state index in [4.69, 9.17) is 4.74 Å². The van der Waals surface area contributed by atoms with Gasteiger partial charge in [-0.2, -0.15) is 0 Å². The highest BCUT2D eigenvalue weighted by Crippen LogP contribution is 2.14. The second kappa shape index (κ2) is 9.67. The molecule has 0 bridgehead atoms. The Kier molecular flexibility index (Phi) is 6.77. The number of anilines is 1. The maximum Gasteiger partial charge on any atom is 0.286 e. The molecule has 0 saturated carbocycles. The van der Waals surface area contributed by atoms with Gasteiger partial charge in [-0.3, -0.25) is 9.59 Å². The molecule has 144 valence electrons. The summed E-state index contributed by atoms with van der Waals surface area (Å²) in [4.78, 5) is 23.9. The molecule has 3 rings (SSSR count). The molecular formula is C19H17FN4O3S. The van der Waals surface area contributed by atoms with Crippen molar-refractivity contribution in [1.29, 1.82) is 0 Å². The van der Waals surface area contributed by atoms with Crippen LogP contribution in [0.3, 0.4) is 0 Å². The second-order valence-corrected chi connectivity index (χ2v) is 6.78. The zero-order valence-corrected chi connectivity index (χ0v) is 15.5. The number of carbonyl (C=O) groups is 2. The Balaban J connectivity index is 1.41. The van der Waals surface area contributed by atoms with Crippen LogP contribution in [-0.4, -0.2) is 28.6 Å². The van der Waals surface area contributed by atoms with Gasteiger partial charge in [0.2, 0.25) is 10.9 Å². The van der Waals surface area contributed by atoms with E-state index in [9.17, 15) is 14.0 Å². The van der Waals surface area contributed by atoms with E-state index in [0.717, 1.165) is 16.9 Å². The lowest BCUT2D eigenvalue weighted by molar-refractivity contribution is -0.126. The Bertz CT molecular complexity index is 932. The number of rotatable bonds is 8. The number of ether oxygens (including phenoxy) is 1. The summed E-state index contributed by atoms with van der Waals surface area (Å²) in [6.07, 6.45) is 0. The third kappa shape index (κ3) is 5.93. The number of amides is 2. The Labute approximate surface area is 164 Å². The summed E-state index contributed by atoms with van der Waals surface area (Å²) in [6, 6.07) is 14.9. The van der Waals surface area contributed by atoms with Crippen LogP contribution in [0.2, 0.25) is 0 Å². The first kappa shape index (κ1) is 19.6. The van der Waals surface area contributed by atoms with Crippen LogP contribution in [0.5, 0.6) is 0 Å². The maximum atomic E-state index is 12.9. The summed E-state index contributed by atoms with van der Waals surface area (Å²) in [7, 11) is 0. The molecule has 0 fully saturated rings. The Morgan fingerprint density at radius 3 is 2.54 bits per heavy atom. The minimum Gasteiger partial charge on any atom is -0.364 e. The van der Waals surface area contributed by atoms with E-state index >= 15 is 0 Å². The molecule has 2 aromatic carbocycles. The zero-order valence-electron chi connectivity index (χ0n) is 14.7. The lowest BCUT2D eigenvalue weighted by atomic mass is 10.2. The monoisotopic (exact) mass is 400 g/mol. The zero-order chi connectivity index (χ0) is 19.8. The molecular weight excluding hydrogens is 383 g/mol. The largest absolute Gasteiger partial charge is 0.364 e. The summed E-state index contributed by atoms with van der Waals surface area (Å²) in [6.45, 7) is 0.374. The molecule has 0 radical (unpaired) electrons. The van der Waals surface area contributed by atoms with E-state index in [1.807, 2.05) is 30.3 Å². The van der Waals surface area contributed by atoms with Crippen LogP contribution in [0.25, 0.3) is 0 Å². The van der Waals surface area contributed by atoms with Crippen LogP contribution in [0, 0.1) is 5.82 Å². The van der Waals surface area contributed by atoms with Crippen molar-refractivity contribution in [3.05, 3.63) is 76.0 Å². The highest BCUT2D eigenvalue weighted by atomic mass is 32.1. The van der Waals surface area contributed by atoms with Crippen molar-refractivity contribution < 1.29 is 18.7 Å². The molecule has 0 unspecified atom stereocenters. The average molecular weight is 400 g/mol. The van der Waals surface area contributed by atoms with Crippen molar-refractivity contribution in [2.45, 2.75) is 13.2 Å². The number of carbonyl (C=O) groups excluding carboxylic acids is 2. The number of nitrogens with one attached hydrogen (secondary N) is 2. The van der Waals surface area contributed by atoms with Crippen molar-refractivity contribution in [2.75, 3.05) is 11.9 Å². The minimum atomic E-state index is -0.448. The van der Waals surface area contributed by atoms with Crippen LogP contribution < -0.4 is 10.6 Å². The van der Waals surface area contributed by atoms with Crippen LogP contribution >= 0.6 is 11.3 Å². The summed E-state index contributed by atoms with van der Waals surface area (Å²) in [5, 5.41) is 13.7. The van der Waals surface area contributed by atoms with Crippen molar-refractivity contribution in [1.82, 2.24) is 15.5 Å². The van der Waals surface area contributed by atoms with E-state index < -0.39 is 5.91 Å². The molecule has 0 aliphatic heterocycles. The quantitative estimate of drug-likeness (QED) is 0.607. The van der Waals surface area contributed by atoms with Gasteiger partial charge in [-0.05, 0) is 29.8 Å². The number of halogens is 1. The Hall–Kier alpha value is -3.17. The number of hydrogen-bond donors (Lipinski definition) is 2. The van der Waals surface area contributed by atoms with Crippen LogP contribution in [0.4, 0.5) is 10.1 Å². The predicted molar refractivity (Wildman–Crippen MR) is 102 cm³/mol. The molecule has 0 aliphatic carbocycles. The third-order valence-corrected chi connectivity index (χ3v) is 4.45. The third-order valence-electron chi connectivity index (χ3n) is 3.55. The van der Waals surface area contributed by atoms with E-state index in [1.165, 1.54) is 24.3 Å². The number of aromatic nitrogens is 2. The Morgan fingerprint density at radius 2 is 1.79 bits per heavy atom. The molecule has 0 atom stereocenters. The van der Waals surface area contributed by atoms with Crippen molar-refractivity contribution in [2.24, 2.45) is 0 Å². The van der Waals surface area contributed by atoms with Gasteiger partial charge in [-0.15, -0.1) is 10.2 Å². The fourth-order valence-corrected chi connectivity index (χ4v) is 2.87. The summed E-state index contributed by atoms with van der Waals surface area (Å²) in [5.41, 5.74) is 1.45. The molecule has 2 N–H and O–H groups in total. The summed E-state index contributed by atoms with van der Waals surface area (Å²) < 4.78 is 18.2. The molecule has 0 saturated heterocycles. The first-order chi connectivity index (χ1) is 13.6. The van der Waals surface area contributed by atoms with E-state index in [0.29, 0.717) is 17.2 Å². The fraction of sp³-hybridized carbons (Fsp3) is 0.158. The van der Waals surface area contributed by atoms with E-state index in [1.54, 1.807) is 0 Å². The second-order valence-electron chi connectivity index (χ2n) is 5.72. The number of benzene rings is 2. The molecule has 0 spiro atoms. The molecule has 28 heavy (non-hydrogen) atoms. The van der Waals surface area contributed by atoms with Gasteiger partial charge in [0, 0.05) is 12.2 Å². The summed E-state index contributed by atoms with van der Waals surface area (Å²) >= 11 is 1.06. The number of hydrogen-bond acceptors (Lipinski definition) is 6. The molecule has 3 aromatic rings. The molecule has 0 aliphatic rings. The predicted octanol–water partition coefficient (Wildman–Crippen LogP) is 2.76. The SMILES string of the molecule is O=C(COCc1nnc(C(=O)Nc2ccc(F)cc2)s1)NCc1ccccc1. The van der Waals surface area contributed by atoms with Gasteiger partial charge in [-0.1, -0.05) is 41.7 Å². The van der Waals surface area contributed by atoms with Crippen LogP contribution in [-0.2, 0) is 22.7 Å². The Morgan fingerprint density at radius 1 is 1.04 bits per heavy atom. The van der Waals surface area contributed by atoms with E-state index in [-0.39, 0.29) is 29.9 Å². The molecule has 1 aromatic heterocycles. The standard InChI is InChI=1S/C19H17FN4O3S/c20-14-6-8-15(9-7-14)22-18(26)19-24-23-17(28-19)12-27-11-16(25)21-10-13-4-2-1-3-5-13/h1-9H,10-12H2,(H,21,25)(H,22,26). The average Bonchev–Trinajstić information content (AvgIpc) is 3.18. The van der Waals surface area contributed by atoms with Crippen LogP contribution in [0.15, 0.2) is 54.6 Å². The smallest absolute Gasteiger partial charge is 0.286 e. The number of nitrogens with zero attached hydrogens (tertiary/aromatic N) is 2. The van der Waals surface area contributed by atoms with Gasteiger partial charge >= 0.3 is 0 Å². The first-order valence-electron chi connectivity index (χ1n) is 8.38. The van der Waals surface area contributed by atoms with Gasteiger partial charge in [-0.25, -0.2) is 4.39 Å². The van der Waals surface area contributed by atoms with Crippen molar-refractivity contribution in [3.63, 3.8) is 0 Å². The fourth-order valence-electron chi connectivity index (χ4n) is 2.20. The van der Waals surface area contributed by atoms with Gasteiger partial charge in [0.15, 0.2) is 0 Å². The van der Waals surface area contributed by atoms with Crippen LogP contribution in [0.1, 0.15) is 20.4 Å². The summed E-state index contributed by atoms with van der Waals surface area (Å²) in [5.74, 6) is -1.08. The van der Waals surface area contributed by atoms with Crippen molar-refractivity contribution in [3.8, 4) is 0 Å². The van der Waals surface area contributed by atoms with Crippen molar-refractivity contribution >= 4 is 28.8 Å². The molecule has 7 nitrogen and oxygen atoms in total. The van der Waals surface area contributed by atoms with Gasteiger partial charge in [0.05, 0.1) is 0 Å². The lowest BCUT2D eigenvalue weighted by Gasteiger charge is -2.05. The highest BCUT2D eigenvalue weighted by Gasteiger charge is 2.13. The first-order valence-corrected chi connectivity index (χ1v) is 9.19. The maximum absolute atomic E-state index is 12.9. The molecule has 1 heterocycles. The highest BCUT2D eigenvalue weighted by molar-refractivity contribution is 7.13. The minimum absolute atomic E-state index is 0.0697. The van der Waals surface area contributed by atoms with Gasteiger partial charge < -0.3 is 15.4 Å². The topological polar surface area (TPSA) is 93.2 Å².